The maximum absolute atomic E-state index is 13.5. The Hall–Kier alpha value is -3.45. The fraction of sp³-hybridized carbons (Fsp3) is 0.0588. The topological polar surface area (TPSA) is 127 Å². The van der Waals surface area contributed by atoms with E-state index in [-0.39, 0.29) is 17.2 Å². The highest BCUT2D eigenvalue weighted by molar-refractivity contribution is 8.00. The summed E-state index contributed by atoms with van der Waals surface area (Å²) in [6, 6.07) is 11.2. The SMILES string of the molecule is N#C/C(=N\Nc1ccc(SCC(=O)Nc2cc(F)ccc2F)cc1)C(=N)N. The zero-order valence-electron chi connectivity index (χ0n) is 13.8. The molecule has 0 spiro atoms. The van der Waals surface area contributed by atoms with E-state index >= 15 is 0 Å². The summed E-state index contributed by atoms with van der Waals surface area (Å²) in [5.74, 6) is -2.28. The number of benzene rings is 2. The van der Waals surface area contributed by atoms with Gasteiger partial charge in [0.1, 0.15) is 17.7 Å². The Morgan fingerprint density at radius 3 is 2.59 bits per heavy atom. The van der Waals surface area contributed by atoms with Crippen molar-refractivity contribution in [3.8, 4) is 6.07 Å². The van der Waals surface area contributed by atoms with Crippen LogP contribution >= 0.6 is 11.8 Å². The number of anilines is 2. The molecule has 7 nitrogen and oxygen atoms in total. The maximum atomic E-state index is 13.5. The first-order valence-electron chi connectivity index (χ1n) is 7.45. The Labute approximate surface area is 157 Å². The number of thioether (sulfide) groups is 1. The first kappa shape index (κ1) is 19.9. The van der Waals surface area contributed by atoms with E-state index in [1.807, 2.05) is 0 Å². The second-order valence-electron chi connectivity index (χ2n) is 5.08. The van der Waals surface area contributed by atoms with Crippen molar-refractivity contribution in [3.63, 3.8) is 0 Å². The van der Waals surface area contributed by atoms with Crippen molar-refractivity contribution < 1.29 is 13.6 Å². The number of nitriles is 1. The number of halogens is 2. The molecule has 0 saturated heterocycles. The van der Waals surface area contributed by atoms with Crippen molar-refractivity contribution in [2.45, 2.75) is 4.90 Å². The lowest BCUT2D eigenvalue weighted by molar-refractivity contribution is -0.113. The Kier molecular flexibility index (Phi) is 6.85. The predicted molar refractivity (Wildman–Crippen MR) is 101 cm³/mol. The lowest BCUT2D eigenvalue weighted by Gasteiger charge is -2.07. The number of amidine groups is 1. The molecule has 0 atom stereocenters. The third kappa shape index (κ3) is 6.09. The molecule has 2 rings (SSSR count). The highest BCUT2D eigenvalue weighted by atomic mass is 32.2. The van der Waals surface area contributed by atoms with Crippen molar-refractivity contribution in [1.82, 2.24) is 0 Å². The van der Waals surface area contributed by atoms with Gasteiger partial charge in [0.2, 0.25) is 11.6 Å². The first-order valence-corrected chi connectivity index (χ1v) is 8.43. The summed E-state index contributed by atoms with van der Waals surface area (Å²) in [7, 11) is 0. The third-order valence-electron chi connectivity index (χ3n) is 3.08. The largest absolute Gasteiger partial charge is 0.382 e. The van der Waals surface area contributed by atoms with Gasteiger partial charge < -0.3 is 11.1 Å². The van der Waals surface area contributed by atoms with Gasteiger partial charge in [0.05, 0.1) is 17.1 Å². The zero-order valence-corrected chi connectivity index (χ0v) is 14.6. The highest BCUT2D eigenvalue weighted by Gasteiger charge is 2.09. The van der Waals surface area contributed by atoms with E-state index in [1.165, 1.54) is 11.8 Å². The molecule has 2 aromatic rings. The van der Waals surface area contributed by atoms with Gasteiger partial charge in [0.15, 0.2) is 5.84 Å². The van der Waals surface area contributed by atoms with Crippen molar-refractivity contribution in [2.24, 2.45) is 10.8 Å². The lowest BCUT2D eigenvalue weighted by atomic mass is 10.3. The van der Waals surface area contributed by atoms with Crippen LogP contribution in [0.5, 0.6) is 0 Å². The van der Waals surface area contributed by atoms with Gasteiger partial charge in [-0.2, -0.15) is 10.4 Å². The number of rotatable bonds is 7. The predicted octanol–water partition coefficient (Wildman–Crippen LogP) is 2.92. The minimum Gasteiger partial charge on any atom is -0.382 e. The molecule has 10 heteroatoms. The standard InChI is InChI=1S/C17H14F2N6OS/c18-10-1-6-13(19)14(7-10)23-16(26)9-27-12-4-2-11(3-5-12)24-25-15(8-20)17(21)22/h1-7,24H,9H2,(H3,21,22)(H,23,26)/b25-15+. The summed E-state index contributed by atoms with van der Waals surface area (Å²) >= 11 is 1.20. The molecule has 138 valence electrons. The average molecular weight is 388 g/mol. The number of carbonyl (C=O) groups is 1. The quantitative estimate of drug-likeness (QED) is 0.251. The fourth-order valence-electron chi connectivity index (χ4n) is 1.82. The number of hydrazone groups is 1. The third-order valence-corrected chi connectivity index (χ3v) is 4.10. The molecular formula is C17H14F2N6OS. The molecular weight excluding hydrogens is 374 g/mol. The summed E-state index contributed by atoms with van der Waals surface area (Å²) in [6.07, 6.45) is 0. The minimum atomic E-state index is -0.715. The molecule has 0 fully saturated rings. The number of amides is 1. The second-order valence-corrected chi connectivity index (χ2v) is 6.13. The molecule has 0 heterocycles. The van der Waals surface area contributed by atoms with E-state index < -0.39 is 23.4 Å². The molecule has 5 N–H and O–H groups in total. The number of nitrogens with zero attached hydrogens (tertiary/aromatic N) is 2. The van der Waals surface area contributed by atoms with E-state index in [2.05, 4.69) is 15.8 Å². The molecule has 0 aliphatic carbocycles. The molecule has 0 aromatic heterocycles. The van der Waals surface area contributed by atoms with E-state index in [4.69, 9.17) is 16.4 Å². The Bertz CT molecular complexity index is 924. The Balaban J connectivity index is 1.89. The molecule has 2 aromatic carbocycles. The zero-order chi connectivity index (χ0) is 19.8. The normalized spacial score (nSPS) is 10.8. The van der Waals surface area contributed by atoms with Gasteiger partial charge in [-0.05, 0) is 36.4 Å². The average Bonchev–Trinajstić information content (AvgIpc) is 2.64. The van der Waals surface area contributed by atoms with Crippen molar-refractivity contribution in [3.05, 3.63) is 54.1 Å². The summed E-state index contributed by atoms with van der Waals surface area (Å²) in [6.45, 7) is 0. The van der Waals surface area contributed by atoms with Gasteiger partial charge in [0.25, 0.3) is 0 Å². The van der Waals surface area contributed by atoms with E-state index in [0.29, 0.717) is 5.69 Å². The number of nitrogens with one attached hydrogen (secondary N) is 3. The molecule has 0 bridgehead atoms. The summed E-state index contributed by atoms with van der Waals surface area (Å²) in [4.78, 5) is 12.6. The fourth-order valence-corrected chi connectivity index (χ4v) is 2.52. The van der Waals surface area contributed by atoms with Crippen molar-refractivity contribution in [2.75, 3.05) is 16.5 Å². The van der Waals surface area contributed by atoms with E-state index in [0.717, 1.165) is 23.1 Å². The van der Waals surface area contributed by atoms with Crippen LogP contribution in [0.1, 0.15) is 0 Å². The van der Waals surface area contributed by atoms with Gasteiger partial charge in [0, 0.05) is 11.0 Å². The molecule has 0 unspecified atom stereocenters. The van der Waals surface area contributed by atoms with E-state index in [1.54, 1.807) is 30.3 Å². The van der Waals surface area contributed by atoms with Gasteiger partial charge in [-0.3, -0.25) is 15.6 Å². The molecule has 0 saturated carbocycles. The van der Waals surface area contributed by atoms with Crippen LogP contribution in [0, 0.1) is 28.4 Å². The van der Waals surface area contributed by atoms with Crippen LogP contribution in [0.25, 0.3) is 0 Å². The van der Waals surface area contributed by atoms with Crippen LogP contribution < -0.4 is 16.5 Å². The minimum absolute atomic E-state index is 0.00377. The number of nitrogens with two attached hydrogens (primary N) is 1. The molecule has 1 amide bonds. The highest BCUT2D eigenvalue weighted by Crippen LogP contribution is 2.21. The monoisotopic (exact) mass is 388 g/mol. The molecule has 0 aliphatic heterocycles. The lowest BCUT2D eigenvalue weighted by Crippen LogP contribution is -2.21. The van der Waals surface area contributed by atoms with Crippen LogP contribution in [0.3, 0.4) is 0 Å². The van der Waals surface area contributed by atoms with E-state index in [9.17, 15) is 13.6 Å². The van der Waals surface area contributed by atoms with Crippen LogP contribution in [-0.2, 0) is 4.79 Å². The molecule has 0 aliphatic rings. The Morgan fingerprint density at radius 2 is 1.96 bits per heavy atom. The molecule has 0 radical (unpaired) electrons. The van der Waals surface area contributed by atoms with Crippen molar-refractivity contribution >= 4 is 40.6 Å². The summed E-state index contributed by atoms with van der Waals surface area (Å²) < 4.78 is 26.6. The Morgan fingerprint density at radius 1 is 1.26 bits per heavy atom. The van der Waals surface area contributed by atoms with Gasteiger partial charge >= 0.3 is 0 Å². The van der Waals surface area contributed by atoms with Gasteiger partial charge in [-0.15, -0.1) is 11.8 Å². The first-order chi connectivity index (χ1) is 12.9. The molecule has 27 heavy (non-hydrogen) atoms. The maximum Gasteiger partial charge on any atom is 0.234 e. The number of carbonyl (C=O) groups excluding carboxylic acids is 1. The smallest absolute Gasteiger partial charge is 0.234 e. The number of hydrogen-bond acceptors (Lipinski definition) is 6. The van der Waals surface area contributed by atoms with Crippen LogP contribution in [0.2, 0.25) is 0 Å². The van der Waals surface area contributed by atoms with Gasteiger partial charge in [-0.25, -0.2) is 8.78 Å². The number of hydrogen-bond donors (Lipinski definition) is 4. The van der Waals surface area contributed by atoms with Crippen molar-refractivity contribution in [1.29, 1.82) is 10.7 Å². The van der Waals surface area contributed by atoms with Crippen LogP contribution in [-0.4, -0.2) is 23.2 Å². The van der Waals surface area contributed by atoms with Crippen LogP contribution in [0.4, 0.5) is 20.2 Å². The van der Waals surface area contributed by atoms with Gasteiger partial charge in [-0.1, -0.05) is 0 Å². The summed E-state index contributed by atoms with van der Waals surface area (Å²) in [5, 5.41) is 21.9. The second kappa shape index (κ2) is 9.30. The van der Waals surface area contributed by atoms with Crippen LogP contribution in [0.15, 0.2) is 52.5 Å². The summed E-state index contributed by atoms with van der Waals surface area (Å²) in [5.41, 5.74) is 7.88.